The highest BCUT2D eigenvalue weighted by Gasteiger charge is 2.25. The van der Waals surface area contributed by atoms with Gasteiger partial charge >= 0.3 is 0 Å². The maximum atomic E-state index is 13.1. The summed E-state index contributed by atoms with van der Waals surface area (Å²) in [6, 6.07) is 9.07. The number of sulfonamides is 1. The fourth-order valence-corrected chi connectivity index (χ4v) is 4.39. The molecule has 2 aromatic carbocycles. The molecule has 0 heterocycles. The Morgan fingerprint density at radius 3 is 2.33 bits per heavy atom. The van der Waals surface area contributed by atoms with E-state index in [0.717, 1.165) is 23.3 Å². The normalized spacial score (nSPS) is 11.5. The number of halogens is 2. The van der Waals surface area contributed by atoms with Crippen molar-refractivity contribution in [3.05, 3.63) is 57.8 Å². The van der Waals surface area contributed by atoms with Crippen LogP contribution in [0.15, 0.2) is 45.8 Å². The predicted molar refractivity (Wildman–Crippen MR) is 85.6 cm³/mol. The van der Waals surface area contributed by atoms with E-state index in [2.05, 4.69) is 15.9 Å². The highest BCUT2D eigenvalue weighted by molar-refractivity contribution is 9.10. The maximum Gasteiger partial charge on any atom is 0.265 e. The summed E-state index contributed by atoms with van der Waals surface area (Å²) in [4.78, 5) is 0.0337. The van der Waals surface area contributed by atoms with E-state index in [4.69, 9.17) is 0 Å². The Hall–Kier alpha value is -1.40. The molecule has 0 unspecified atom stereocenters. The van der Waals surface area contributed by atoms with E-state index in [1.54, 1.807) is 6.07 Å². The molecule has 2 aromatic rings. The number of hydrogen-bond donors (Lipinski definition) is 0. The van der Waals surface area contributed by atoms with Gasteiger partial charge in [-0.3, -0.25) is 4.31 Å². The minimum Gasteiger partial charge on any atom is -0.269 e. The number of anilines is 1. The van der Waals surface area contributed by atoms with Gasteiger partial charge in [0.25, 0.3) is 10.0 Å². The van der Waals surface area contributed by atoms with Crippen molar-refractivity contribution in [1.29, 1.82) is 0 Å². The van der Waals surface area contributed by atoms with Gasteiger partial charge in [0.05, 0.1) is 5.69 Å². The first-order valence-corrected chi connectivity index (χ1v) is 8.48. The van der Waals surface area contributed by atoms with Crippen molar-refractivity contribution >= 4 is 31.6 Å². The molecule has 0 bridgehead atoms. The van der Waals surface area contributed by atoms with Gasteiger partial charge in [0.1, 0.15) is 10.7 Å². The molecule has 6 heteroatoms. The zero-order chi connectivity index (χ0) is 15.8. The molecule has 0 aliphatic heterocycles. The Morgan fingerprint density at radius 1 is 1.10 bits per heavy atom. The molecule has 21 heavy (non-hydrogen) atoms. The van der Waals surface area contributed by atoms with Crippen molar-refractivity contribution in [3.63, 3.8) is 0 Å². The molecule has 0 atom stereocenters. The predicted octanol–water partition coefficient (Wildman–Crippen LogP) is 4.03. The Kier molecular flexibility index (Phi) is 4.39. The average molecular weight is 372 g/mol. The molecule has 0 spiro atoms. The van der Waals surface area contributed by atoms with Gasteiger partial charge in [0.15, 0.2) is 0 Å². The van der Waals surface area contributed by atoms with E-state index < -0.39 is 15.8 Å². The van der Waals surface area contributed by atoms with Gasteiger partial charge in [-0.05, 0) is 59.6 Å². The molecule has 0 amide bonds. The summed E-state index contributed by atoms with van der Waals surface area (Å²) >= 11 is 3.11. The molecular formula is C15H15BrFNO2S. The van der Waals surface area contributed by atoms with Gasteiger partial charge in [0.2, 0.25) is 0 Å². The van der Waals surface area contributed by atoms with E-state index in [0.29, 0.717) is 5.69 Å². The molecule has 0 aliphatic rings. The minimum absolute atomic E-state index is 0.0337. The lowest BCUT2D eigenvalue weighted by Crippen LogP contribution is -2.27. The van der Waals surface area contributed by atoms with Gasteiger partial charge in [0, 0.05) is 11.5 Å². The number of hydrogen-bond acceptors (Lipinski definition) is 2. The number of rotatable bonds is 3. The molecule has 0 saturated carbocycles. The fourth-order valence-electron chi connectivity index (χ4n) is 2.12. The summed E-state index contributed by atoms with van der Waals surface area (Å²) in [5, 5.41) is 0. The Morgan fingerprint density at radius 2 is 1.76 bits per heavy atom. The number of aryl methyl sites for hydroxylation is 2. The van der Waals surface area contributed by atoms with Crippen LogP contribution in [0.2, 0.25) is 0 Å². The van der Waals surface area contributed by atoms with Gasteiger partial charge in [-0.2, -0.15) is 0 Å². The van der Waals surface area contributed by atoms with Crippen molar-refractivity contribution in [2.45, 2.75) is 18.7 Å². The van der Waals surface area contributed by atoms with Gasteiger partial charge < -0.3 is 0 Å². The molecule has 0 aromatic heterocycles. The summed E-state index contributed by atoms with van der Waals surface area (Å²) in [6.07, 6.45) is 0. The van der Waals surface area contributed by atoms with Crippen LogP contribution in [0, 0.1) is 19.7 Å². The lowest BCUT2D eigenvalue weighted by Gasteiger charge is -2.22. The fraction of sp³-hybridized carbons (Fsp3) is 0.200. The van der Waals surface area contributed by atoms with Crippen molar-refractivity contribution in [3.8, 4) is 0 Å². The molecule has 112 valence electrons. The lowest BCUT2D eigenvalue weighted by atomic mass is 10.1. The van der Waals surface area contributed by atoms with Gasteiger partial charge in [-0.1, -0.05) is 17.7 Å². The molecular weight excluding hydrogens is 357 g/mol. The Bertz CT molecular complexity index is 790. The zero-order valence-corrected chi connectivity index (χ0v) is 14.3. The van der Waals surface area contributed by atoms with Crippen molar-refractivity contribution in [2.24, 2.45) is 0 Å². The highest BCUT2D eigenvalue weighted by Crippen LogP contribution is 2.30. The van der Waals surface area contributed by atoms with Crippen LogP contribution < -0.4 is 4.31 Å². The summed E-state index contributed by atoms with van der Waals surface area (Å²) < 4.78 is 39.9. The Balaban J connectivity index is 2.52. The first kappa shape index (κ1) is 16.0. The van der Waals surface area contributed by atoms with E-state index in [1.807, 2.05) is 26.0 Å². The third-order valence-corrected chi connectivity index (χ3v) is 5.97. The molecule has 0 fully saturated rings. The zero-order valence-electron chi connectivity index (χ0n) is 11.9. The summed E-state index contributed by atoms with van der Waals surface area (Å²) in [5.41, 5.74) is 2.51. The van der Waals surface area contributed by atoms with Crippen LogP contribution in [0.3, 0.4) is 0 Å². The van der Waals surface area contributed by atoms with Crippen LogP contribution in [0.5, 0.6) is 0 Å². The van der Waals surface area contributed by atoms with Crippen LogP contribution in [0.25, 0.3) is 0 Å². The standard InChI is InChI=1S/C15H15BrFNO2S/c1-10-4-6-14(11(2)8-10)18(3)21(19,20)15-7-5-12(17)9-13(15)16/h4-9H,1-3H3. The minimum atomic E-state index is -3.76. The quantitative estimate of drug-likeness (QED) is 0.816. The van der Waals surface area contributed by atoms with E-state index >= 15 is 0 Å². The van der Waals surface area contributed by atoms with Crippen LogP contribution in [-0.2, 0) is 10.0 Å². The van der Waals surface area contributed by atoms with Crippen LogP contribution in [0.1, 0.15) is 11.1 Å². The third-order valence-electron chi connectivity index (χ3n) is 3.22. The number of benzene rings is 2. The molecule has 0 N–H and O–H groups in total. The SMILES string of the molecule is Cc1ccc(N(C)S(=O)(=O)c2ccc(F)cc2Br)c(C)c1. The second-order valence-electron chi connectivity index (χ2n) is 4.84. The summed E-state index contributed by atoms with van der Waals surface area (Å²) in [7, 11) is -2.27. The van der Waals surface area contributed by atoms with Gasteiger partial charge in [-0.15, -0.1) is 0 Å². The first-order chi connectivity index (χ1) is 9.73. The lowest BCUT2D eigenvalue weighted by molar-refractivity contribution is 0.592. The summed E-state index contributed by atoms with van der Waals surface area (Å²) in [5.74, 6) is -0.491. The van der Waals surface area contributed by atoms with E-state index in [-0.39, 0.29) is 9.37 Å². The monoisotopic (exact) mass is 371 g/mol. The third kappa shape index (κ3) is 3.11. The summed E-state index contributed by atoms with van der Waals surface area (Å²) in [6.45, 7) is 3.80. The van der Waals surface area contributed by atoms with Gasteiger partial charge in [-0.25, -0.2) is 12.8 Å². The van der Waals surface area contributed by atoms with Crippen molar-refractivity contribution in [2.75, 3.05) is 11.4 Å². The first-order valence-electron chi connectivity index (χ1n) is 6.24. The second-order valence-corrected chi connectivity index (χ2v) is 7.63. The van der Waals surface area contributed by atoms with E-state index in [9.17, 15) is 12.8 Å². The molecule has 0 radical (unpaired) electrons. The molecule has 3 nitrogen and oxygen atoms in total. The molecule has 0 saturated heterocycles. The van der Waals surface area contributed by atoms with E-state index in [1.165, 1.54) is 17.4 Å². The topological polar surface area (TPSA) is 37.4 Å². The van der Waals surface area contributed by atoms with Crippen LogP contribution in [-0.4, -0.2) is 15.5 Å². The smallest absolute Gasteiger partial charge is 0.265 e. The van der Waals surface area contributed by atoms with Crippen LogP contribution in [0.4, 0.5) is 10.1 Å². The average Bonchev–Trinajstić information content (AvgIpc) is 2.37. The van der Waals surface area contributed by atoms with Crippen LogP contribution >= 0.6 is 15.9 Å². The largest absolute Gasteiger partial charge is 0.269 e. The van der Waals surface area contributed by atoms with Crippen molar-refractivity contribution in [1.82, 2.24) is 0 Å². The Labute approximate surface area is 132 Å². The maximum absolute atomic E-state index is 13.1. The highest BCUT2D eigenvalue weighted by atomic mass is 79.9. The second kappa shape index (κ2) is 5.77. The van der Waals surface area contributed by atoms with Crippen molar-refractivity contribution < 1.29 is 12.8 Å². The molecule has 2 rings (SSSR count). The molecule has 0 aliphatic carbocycles. The number of nitrogens with zero attached hydrogens (tertiary/aromatic N) is 1.